The van der Waals surface area contributed by atoms with Gasteiger partial charge in [-0.25, -0.2) is 13.2 Å². The number of nitrogens with one attached hydrogen (secondary N) is 1. The third-order valence-electron chi connectivity index (χ3n) is 3.62. The Balaban J connectivity index is 2.33. The van der Waals surface area contributed by atoms with Crippen molar-refractivity contribution in [2.24, 2.45) is 0 Å². The molecule has 0 fully saturated rings. The number of carbonyl (C=O) groups excluding carboxylic acids is 1. The molecule has 0 spiro atoms. The first-order valence-corrected chi connectivity index (χ1v) is 9.33. The first kappa shape index (κ1) is 19.6. The fourth-order valence-electron chi connectivity index (χ4n) is 2.33. The lowest BCUT2D eigenvalue weighted by Gasteiger charge is -2.14. The van der Waals surface area contributed by atoms with E-state index in [1.54, 1.807) is 19.9 Å². The number of esters is 1. The molecular weight excluding hydrogens is 358 g/mol. The van der Waals surface area contributed by atoms with Gasteiger partial charge in [-0.3, -0.25) is 4.72 Å². The number of carbonyl (C=O) groups is 1. The molecule has 8 heteroatoms. The van der Waals surface area contributed by atoms with Crippen LogP contribution in [0.2, 0.25) is 0 Å². The van der Waals surface area contributed by atoms with Gasteiger partial charge in [-0.15, -0.1) is 0 Å². The van der Waals surface area contributed by atoms with Crippen molar-refractivity contribution in [3.8, 4) is 11.5 Å². The van der Waals surface area contributed by atoms with Crippen LogP contribution in [0.3, 0.4) is 0 Å². The third-order valence-corrected chi connectivity index (χ3v) is 5.02. The van der Waals surface area contributed by atoms with Crippen LogP contribution in [0, 0.1) is 6.92 Å². The fourth-order valence-corrected chi connectivity index (χ4v) is 3.56. The van der Waals surface area contributed by atoms with E-state index in [1.165, 1.54) is 44.6 Å². The zero-order valence-electron chi connectivity index (χ0n) is 15.0. The van der Waals surface area contributed by atoms with Gasteiger partial charge in [-0.1, -0.05) is 0 Å². The summed E-state index contributed by atoms with van der Waals surface area (Å²) in [5.74, 6) is 0.176. The first-order valence-electron chi connectivity index (χ1n) is 7.85. The predicted molar refractivity (Wildman–Crippen MR) is 97.5 cm³/mol. The number of hydrogen-bond acceptors (Lipinski definition) is 6. The highest BCUT2D eigenvalue weighted by Crippen LogP contribution is 2.32. The largest absolute Gasteiger partial charge is 0.496 e. The summed E-state index contributed by atoms with van der Waals surface area (Å²) in [6.07, 6.45) is 0. The number of methoxy groups -OCH3 is 2. The SMILES string of the molecule is CCOC(=O)c1ccc(NS(=O)(=O)c2cc(OC)c(C)cc2OC)cc1. The lowest BCUT2D eigenvalue weighted by molar-refractivity contribution is 0.0526. The highest BCUT2D eigenvalue weighted by Gasteiger charge is 2.22. The van der Waals surface area contributed by atoms with Crippen molar-refractivity contribution in [3.05, 3.63) is 47.5 Å². The molecular formula is C18H21NO6S. The van der Waals surface area contributed by atoms with Gasteiger partial charge < -0.3 is 14.2 Å². The number of anilines is 1. The van der Waals surface area contributed by atoms with Gasteiger partial charge in [0.1, 0.15) is 16.4 Å². The minimum atomic E-state index is -3.92. The Morgan fingerprint density at radius 2 is 1.65 bits per heavy atom. The van der Waals surface area contributed by atoms with Crippen molar-refractivity contribution < 1.29 is 27.4 Å². The first-order chi connectivity index (χ1) is 12.3. The van der Waals surface area contributed by atoms with Crippen molar-refractivity contribution in [2.75, 3.05) is 25.5 Å². The lowest BCUT2D eigenvalue weighted by atomic mass is 10.2. The van der Waals surface area contributed by atoms with Gasteiger partial charge in [-0.05, 0) is 49.7 Å². The molecule has 0 unspecified atom stereocenters. The minimum absolute atomic E-state index is 0.0445. The summed E-state index contributed by atoms with van der Waals surface area (Å²) in [5.41, 5.74) is 1.39. The Kier molecular flexibility index (Phi) is 6.10. The summed E-state index contributed by atoms with van der Waals surface area (Å²) >= 11 is 0. The summed E-state index contributed by atoms with van der Waals surface area (Å²) in [5, 5.41) is 0. The highest BCUT2D eigenvalue weighted by molar-refractivity contribution is 7.92. The normalized spacial score (nSPS) is 10.9. The molecule has 26 heavy (non-hydrogen) atoms. The highest BCUT2D eigenvalue weighted by atomic mass is 32.2. The van der Waals surface area contributed by atoms with E-state index in [2.05, 4.69) is 4.72 Å². The maximum atomic E-state index is 12.7. The Morgan fingerprint density at radius 3 is 2.19 bits per heavy atom. The molecule has 0 aliphatic heterocycles. The molecule has 0 amide bonds. The zero-order chi connectivity index (χ0) is 19.3. The number of hydrogen-bond donors (Lipinski definition) is 1. The van der Waals surface area contributed by atoms with Crippen LogP contribution in [0.5, 0.6) is 11.5 Å². The molecule has 0 atom stereocenters. The molecule has 2 rings (SSSR count). The maximum absolute atomic E-state index is 12.7. The topological polar surface area (TPSA) is 90.9 Å². The standard InChI is InChI=1S/C18H21NO6S/c1-5-25-18(20)13-6-8-14(9-7-13)19-26(21,22)17-11-15(23-3)12(2)10-16(17)24-4/h6-11,19H,5H2,1-4H3. The van der Waals surface area contributed by atoms with Gasteiger partial charge in [0.15, 0.2) is 0 Å². The van der Waals surface area contributed by atoms with E-state index in [1.807, 2.05) is 0 Å². The van der Waals surface area contributed by atoms with Crippen molar-refractivity contribution >= 4 is 21.7 Å². The molecule has 7 nitrogen and oxygen atoms in total. The zero-order valence-corrected chi connectivity index (χ0v) is 15.8. The van der Waals surface area contributed by atoms with Crippen LogP contribution < -0.4 is 14.2 Å². The van der Waals surface area contributed by atoms with Crippen LogP contribution in [-0.4, -0.2) is 35.2 Å². The van der Waals surface area contributed by atoms with Crippen LogP contribution in [0.15, 0.2) is 41.3 Å². The van der Waals surface area contributed by atoms with E-state index in [-0.39, 0.29) is 17.3 Å². The quantitative estimate of drug-likeness (QED) is 0.744. The Hall–Kier alpha value is -2.74. The summed E-state index contributed by atoms with van der Waals surface area (Å²) in [6, 6.07) is 8.95. The molecule has 0 radical (unpaired) electrons. The van der Waals surface area contributed by atoms with E-state index in [0.29, 0.717) is 17.0 Å². The number of ether oxygens (including phenoxy) is 3. The molecule has 0 saturated heterocycles. The Bertz CT molecular complexity index is 891. The Labute approximate surface area is 152 Å². The van der Waals surface area contributed by atoms with Crippen molar-refractivity contribution in [1.82, 2.24) is 0 Å². The molecule has 0 aliphatic rings. The summed E-state index contributed by atoms with van der Waals surface area (Å²) in [7, 11) is -1.06. The summed E-state index contributed by atoms with van der Waals surface area (Å²) in [4.78, 5) is 11.6. The van der Waals surface area contributed by atoms with E-state index in [4.69, 9.17) is 14.2 Å². The van der Waals surface area contributed by atoms with Gasteiger partial charge in [0, 0.05) is 11.8 Å². The van der Waals surface area contributed by atoms with Crippen molar-refractivity contribution in [1.29, 1.82) is 0 Å². The van der Waals surface area contributed by atoms with Crippen LogP contribution in [0.4, 0.5) is 5.69 Å². The molecule has 0 aromatic heterocycles. The van der Waals surface area contributed by atoms with Crippen LogP contribution in [0.25, 0.3) is 0 Å². The molecule has 0 bridgehead atoms. The molecule has 0 saturated carbocycles. The van der Waals surface area contributed by atoms with E-state index in [9.17, 15) is 13.2 Å². The monoisotopic (exact) mass is 379 g/mol. The van der Waals surface area contributed by atoms with Gasteiger partial charge in [0.25, 0.3) is 10.0 Å². The average molecular weight is 379 g/mol. The van der Waals surface area contributed by atoms with Crippen molar-refractivity contribution in [3.63, 3.8) is 0 Å². The van der Waals surface area contributed by atoms with Crippen LogP contribution in [-0.2, 0) is 14.8 Å². The van der Waals surface area contributed by atoms with Gasteiger partial charge in [0.2, 0.25) is 0 Å². The van der Waals surface area contributed by atoms with Gasteiger partial charge in [-0.2, -0.15) is 0 Å². The number of benzene rings is 2. The predicted octanol–water partition coefficient (Wildman–Crippen LogP) is 2.99. The van der Waals surface area contributed by atoms with E-state index < -0.39 is 16.0 Å². The fraction of sp³-hybridized carbons (Fsp3) is 0.278. The van der Waals surface area contributed by atoms with Gasteiger partial charge in [0.05, 0.1) is 26.4 Å². The number of rotatable bonds is 7. The smallest absolute Gasteiger partial charge is 0.338 e. The van der Waals surface area contributed by atoms with Crippen LogP contribution >= 0.6 is 0 Å². The molecule has 0 aliphatic carbocycles. The van der Waals surface area contributed by atoms with E-state index >= 15 is 0 Å². The molecule has 0 heterocycles. The molecule has 140 valence electrons. The second kappa shape index (κ2) is 8.09. The molecule has 2 aromatic rings. The average Bonchev–Trinajstić information content (AvgIpc) is 2.61. The van der Waals surface area contributed by atoms with E-state index in [0.717, 1.165) is 5.56 Å². The second-order valence-corrected chi connectivity index (χ2v) is 7.03. The Morgan fingerprint density at radius 1 is 1.04 bits per heavy atom. The maximum Gasteiger partial charge on any atom is 0.338 e. The second-order valence-electron chi connectivity index (χ2n) is 5.38. The van der Waals surface area contributed by atoms with Crippen molar-refractivity contribution in [2.45, 2.75) is 18.7 Å². The minimum Gasteiger partial charge on any atom is -0.496 e. The summed E-state index contributed by atoms with van der Waals surface area (Å²) in [6.45, 7) is 3.77. The summed E-state index contributed by atoms with van der Waals surface area (Å²) < 4.78 is 43.2. The number of sulfonamides is 1. The van der Waals surface area contributed by atoms with Gasteiger partial charge >= 0.3 is 5.97 Å². The van der Waals surface area contributed by atoms with Crippen LogP contribution in [0.1, 0.15) is 22.8 Å². The molecule has 1 N–H and O–H groups in total. The lowest BCUT2D eigenvalue weighted by Crippen LogP contribution is -2.15. The molecule has 2 aromatic carbocycles. The third kappa shape index (κ3) is 4.26. The number of aryl methyl sites for hydroxylation is 1.